The van der Waals surface area contributed by atoms with Gasteiger partial charge in [0.2, 0.25) is 0 Å². The van der Waals surface area contributed by atoms with Crippen LogP contribution in [0.25, 0.3) is 65.7 Å². The van der Waals surface area contributed by atoms with E-state index in [9.17, 15) is 0 Å². The first kappa shape index (κ1) is 25.3. The Kier molecular flexibility index (Phi) is 6.20. The van der Waals surface area contributed by atoms with E-state index in [4.69, 9.17) is 0 Å². The van der Waals surface area contributed by atoms with Crippen molar-refractivity contribution in [2.45, 2.75) is 27.2 Å². The first-order valence-corrected chi connectivity index (χ1v) is 14.6. The third-order valence-corrected chi connectivity index (χ3v) is 8.14. The van der Waals surface area contributed by atoms with Crippen LogP contribution < -0.4 is 0 Å². The Balaban J connectivity index is 1.52. The third kappa shape index (κ3) is 4.81. The maximum absolute atomic E-state index is 2.46. The van der Waals surface area contributed by atoms with E-state index in [0.29, 0.717) is 0 Å². The molecule has 0 amide bonds. The van der Waals surface area contributed by atoms with Crippen molar-refractivity contribution in [1.29, 1.82) is 0 Å². The molecule has 7 rings (SSSR count). The lowest BCUT2D eigenvalue weighted by Crippen LogP contribution is -2.09. The molecule has 0 radical (unpaired) electrons. The molecule has 41 heavy (non-hydrogen) atoms. The second-order valence-corrected chi connectivity index (χ2v) is 12.4. The molecule has 0 heterocycles. The predicted octanol–water partition coefficient (Wildman–Crippen LogP) is 11.7. The minimum Gasteiger partial charge on any atom is -0.0622 e. The van der Waals surface area contributed by atoms with Crippen LogP contribution in [0.3, 0.4) is 0 Å². The fraction of sp³-hybridized carbons (Fsp3) is 0.122. The Labute approximate surface area is 242 Å². The molecule has 0 N–H and O–H groups in total. The van der Waals surface area contributed by atoms with E-state index in [1.807, 2.05) is 0 Å². The van der Waals surface area contributed by atoms with Crippen molar-refractivity contribution in [3.8, 4) is 33.4 Å². The molecular weight excluding hydrogens is 492 g/mol. The van der Waals surface area contributed by atoms with E-state index in [0.717, 1.165) is 6.42 Å². The van der Waals surface area contributed by atoms with Crippen LogP contribution in [0.1, 0.15) is 26.3 Å². The van der Waals surface area contributed by atoms with Crippen LogP contribution in [0.2, 0.25) is 0 Å². The lowest BCUT2D eigenvalue weighted by atomic mass is 9.82. The maximum Gasteiger partial charge on any atom is -0.00261 e. The molecule has 0 aromatic heterocycles. The monoisotopic (exact) mass is 526 g/mol. The molecule has 0 nitrogen and oxygen atoms in total. The average Bonchev–Trinajstić information content (AvgIpc) is 2.99. The Hall–Kier alpha value is -4.68. The van der Waals surface area contributed by atoms with E-state index in [-0.39, 0.29) is 5.41 Å². The van der Waals surface area contributed by atoms with Crippen molar-refractivity contribution in [1.82, 2.24) is 0 Å². The normalized spacial score (nSPS) is 11.9. The zero-order valence-corrected chi connectivity index (χ0v) is 24.0. The topological polar surface area (TPSA) is 0 Å². The molecule has 0 aliphatic carbocycles. The molecule has 0 bridgehead atoms. The fourth-order valence-electron chi connectivity index (χ4n) is 6.37. The Morgan fingerprint density at radius 2 is 0.927 bits per heavy atom. The van der Waals surface area contributed by atoms with Gasteiger partial charge in [0.1, 0.15) is 0 Å². The summed E-state index contributed by atoms with van der Waals surface area (Å²) in [4.78, 5) is 0. The van der Waals surface area contributed by atoms with Gasteiger partial charge in [-0.1, -0.05) is 154 Å². The highest BCUT2D eigenvalue weighted by Crippen LogP contribution is 2.45. The number of hydrogen-bond donors (Lipinski definition) is 0. The van der Waals surface area contributed by atoms with Crippen LogP contribution in [-0.2, 0) is 6.42 Å². The van der Waals surface area contributed by atoms with Crippen molar-refractivity contribution in [3.63, 3.8) is 0 Å². The van der Waals surface area contributed by atoms with Crippen LogP contribution in [0.15, 0.2) is 140 Å². The maximum atomic E-state index is 2.46. The SMILES string of the molecule is CC(C)(C)Cc1ccc2c(-c3ccc(-c4ccccc4)cc3)c3ccccc3c(-c3ccc4ccccc4c3)c2c1. The van der Waals surface area contributed by atoms with Crippen LogP contribution in [0.4, 0.5) is 0 Å². The van der Waals surface area contributed by atoms with Gasteiger partial charge < -0.3 is 0 Å². The molecule has 0 aliphatic heterocycles. The Bertz CT molecular complexity index is 2020. The Morgan fingerprint density at radius 1 is 0.390 bits per heavy atom. The van der Waals surface area contributed by atoms with Gasteiger partial charge in [0, 0.05) is 0 Å². The minimum atomic E-state index is 0.212. The smallest absolute Gasteiger partial charge is 0.00261 e. The molecule has 0 atom stereocenters. The van der Waals surface area contributed by atoms with E-state index in [1.165, 1.54) is 71.3 Å². The number of benzene rings is 7. The molecule has 0 unspecified atom stereocenters. The standard InChI is InChI=1S/C41H34/c1-41(2,3)27-28-17-24-37-38(25-28)40(34-23-20-30-13-7-8-14-33(30)26-34)36-16-10-9-15-35(36)39(37)32-21-18-31(19-22-32)29-11-5-4-6-12-29/h4-26H,27H2,1-3H3. The first-order valence-electron chi connectivity index (χ1n) is 14.6. The highest BCUT2D eigenvalue weighted by molar-refractivity contribution is 6.21. The minimum absolute atomic E-state index is 0.212. The van der Waals surface area contributed by atoms with Gasteiger partial charge in [-0.2, -0.15) is 0 Å². The summed E-state index contributed by atoms with van der Waals surface area (Å²) < 4.78 is 0. The molecule has 198 valence electrons. The summed E-state index contributed by atoms with van der Waals surface area (Å²) in [6.45, 7) is 6.96. The summed E-state index contributed by atoms with van der Waals surface area (Å²) in [6.07, 6.45) is 1.04. The zero-order valence-electron chi connectivity index (χ0n) is 24.0. The molecule has 0 spiro atoms. The Morgan fingerprint density at radius 3 is 1.63 bits per heavy atom. The lowest BCUT2D eigenvalue weighted by Gasteiger charge is -2.21. The van der Waals surface area contributed by atoms with Crippen molar-refractivity contribution in [2.75, 3.05) is 0 Å². The molecular formula is C41H34. The van der Waals surface area contributed by atoms with Crippen LogP contribution >= 0.6 is 0 Å². The van der Waals surface area contributed by atoms with Crippen LogP contribution in [-0.4, -0.2) is 0 Å². The second kappa shape index (κ2) is 10.1. The van der Waals surface area contributed by atoms with Crippen molar-refractivity contribution < 1.29 is 0 Å². The van der Waals surface area contributed by atoms with Gasteiger partial charge in [-0.15, -0.1) is 0 Å². The van der Waals surface area contributed by atoms with Gasteiger partial charge in [-0.3, -0.25) is 0 Å². The van der Waals surface area contributed by atoms with Crippen LogP contribution in [0, 0.1) is 5.41 Å². The number of fused-ring (bicyclic) bond motifs is 3. The molecule has 0 aliphatic rings. The summed E-state index contributed by atoms with van der Waals surface area (Å²) in [5.74, 6) is 0. The van der Waals surface area contributed by atoms with Crippen LogP contribution in [0.5, 0.6) is 0 Å². The van der Waals surface area contributed by atoms with Gasteiger partial charge in [0.15, 0.2) is 0 Å². The quantitative estimate of drug-likeness (QED) is 0.200. The summed E-state index contributed by atoms with van der Waals surface area (Å²) in [5.41, 5.74) is 9.22. The molecule has 7 aromatic carbocycles. The van der Waals surface area contributed by atoms with Gasteiger partial charge >= 0.3 is 0 Å². The van der Waals surface area contributed by atoms with E-state index in [1.54, 1.807) is 0 Å². The molecule has 0 saturated heterocycles. The zero-order chi connectivity index (χ0) is 28.0. The summed E-state index contributed by atoms with van der Waals surface area (Å²) in [7, 11) is 0. The molecule has 0 fully saturated rings. The summed E-state index contributed by atoms with van der Waals surface area (Å²) in [6, 6.07) is 51.4. The molecule has 0 heteroatoms. The number of rotatable bonds is 4. The molecule has 7 aromatic rings. The van der Waals surface area contributed by atoms with Crippen molar-refractivity contribution >= 4 is 32.3 Å². The van der Waals surface area contributed by atoms with E-state index < -0.39 is 0 Å². The molecule has 0 saturated carbocycles. The summed E-state index contributed by atoms with van der Waals surface area (Å²) in [5, 5.41) is 7.76. The van der Waals surface area contributed by atoms with Gasteiger partial charge in [0.25, 0.3) is 0 Å². The predicted molar refractivity (Wildman–Crippen MR) is 178 cm³/mol. The van der Waals surface area contributed by atoms with Gasteiger partial charge in [0.05, 0.1) is 0 Å². The largest absolute Gasteiger partial charge is 0.0622 e. The fourth-order valence-corrected chi connectivity index (χ4v) is 6.37. The van der Waals surface area contributed by atoms with E-state index in [2.05, 4.69) is 160 Å². The number of hydrogen-bond acceptors (Lipinski definition) is 0. The highest BCUT2D eigenvalue weighted by atomic mass is 14.2. The lowest BCUT2D eigenvalue weighted by molar-refractivity contribution is 0.411. The van der Waals surface area contributed by atoms with E-state index >= 15 is 0 Å². The van der Waals surface area contributed by atoms with Crippen molar-refractivity contribution in [2.24, 2.45) is 5.41 Å². The second-order valence-electron chi connectivity index (χ2n) is 12.4. The first-order chi connectivity index (χ1) is 19.9. The van der Waals surface area contributed by atoms with Crippen molar-refractivity contribution in [3.05, 3.63) is 145 Å². The van der Waals surface area contributed by atoms with Gasteiger partial charge in [-0.25, -0.2) is 0 Å². The highest BCUT2D eigenvalue weighted by Gasteiger charge is 2.19. The van der Waals surface area contributed by atoms with Gasteiger partial charge in [-0.05, 0) is 89.2 Å². The third-order valence-electron chi connectivity index (χ3n) is 8.14. The average molecular weight is 527 g/mol. The summed E-state index contributed by atoms with van der Waals surface area (Å²) >= 11 is 0.